The third-order valence-corrected chi connectivity index (χ3v) is 5.53. The van der Waals surface area contributed by atoms with Crippen molar-refractivity contribution in [1.82, 2.24) is 4.90 Å². The summed E-state index contributed by atoms with van der Waals surface area (Å²) in [7, 11) is 0. The molecule has 0 spiro atoms. The Morgan fingerprint density at radius 3 is 2.57 bits per heavy atom. The predicted octanol–water partition coefficient (Wildman–Crippen LogP) is 3.83. The zero-order chi connectivity index (χ0) is 14.9. The molecule has 2 N–H and O–H groups in total. The van der Waals surface area contributed by atoms with Gasteiger partial charge in [0.2, 0.25) is 0 Å². The quantitative estimate of drug-likeness (QED) is 0.915. The fourth-order valence-corrected chi connectivity index (χ4v) is 4.30. The van der Waals surface area contributed by atoms with Gasteiger partial charge in [-0.2, -0.15) is 0 Å². The first kappa shape index (κ1) is 15.1. The zero-order valence-corrected chi connectivity index (χ0v) is 13.7. The molecule has 1 aromatic rings. The first-order valence-corrected chi connectivity index (χ1v) is 8.58. The molecule has 3 rings (SSSR count). The van der Waals surface area contributed by atoms with Gasteiger partial charge in [-0.3, -0.25) is 4.90 Å². The topological polar surface area (TPSA) is 29.3 Å². The summed E-state index contributed by atoms with van der Waals surface area (Å²) in [6, 6.07) is 8.94. The molecule has 0 amide bonds. The van der Waals surface area contributed by atoms with Crippen molar-refractivity contribution in [3.8, 4) is 0 Å². The number of rotatable bonds is 3. The van der Waals surface area contributed by atoms with Crippen LogP contribution >= 0.6 is 0 Å². The van der Waals surface area contributed by atoms with Crippen LogP contribution in [0.4, 0.5) is 0 Å². The fourth-order valence-electron chi connectivity index (χ4n) is 4.30. The second-order valence-electron chi connectivity index (χ2n) is 7.92. The number of nitrogens with zero attached hydrogens (tertiary/aromatic N) is 1. The molecule has 0 atom stereocenters. The Morgan fingerprint density at radius 1 is 1.10 bits per heavy atom. The summed E-state index contributed by atoms with van der Waals surface area (Å²) in [6.45, 7) is 8.14. The van der Waals surface area contributed by atoms with E-state index in [1.807, 2.05) is 0 Å². The average Bonchev–Trinajstić information content (AvgIpc) is 2.46. The van der Waals surface area contributed by atoms with E-state index in [4.69, 9.17) is 5.73 Å². The molecule has 2 nitrogen and oxygen atoms in total. The van der Waals surface area contributed by atoms with Gasteiger partial charge in [0.1, 0.15) is 0 Å². The molecule has 21 heavy (non-hydrogen) atoms. The van der Waals surface area contributed by atoms with E-state index >= 15 is 0 Å². The maximum atomic E-state index is 6.61. The van der Waals surface area contributed by atoms with Gasteiger partial charge in [-0.15, -0.1) is 0 Å². The van der Waals surface area contributed by atoms with E-state index in [0.29, 0.717) is 0 Å². The summed E-state index contributed by atoms with van der Waals surface area (Å²) >= 11 is 0. The average molecular weight is 286 g/mol. The lowest BCUT2D eigenvalue weighted by molar-refractivity contribution is 0.162. The van der Waals surface area contributed by atoms with Crippen LogP contribution in [0.1, 0.15) is 63.5 Å². The molecule has 0 unspecified atom stereocenters. The van der Waals surface area contributed by atoms with Gasteiger partial charge in [-0.25, -0.2) is 0 Å². The standard InChI is InChI=1S/C19H30N2/c1-18(2)15-21(14-16-8-4-5-9-17(16)18)13-12-19(20)10-6-3-7-11-19/h4-5,8-9H,3,6-7,10-15,20H2,1-2H3. The Morgan fingerprint density at radius 2 is 1.81 bits per heavy atom. The maximum Gasteiger partial charge on any atom is 0.0237 e. The highest BCUT2D eigenvalue weighted by molar-refractivity contribution is 5.35. The summed E-state index contributed by atoms with van der Waals surface area (Å²) < 4.78 is 0. The van der Waals surface area contributed by atoms with Gasteiger partial charge in [-0.05, 0) is 30.4 Å². The van der Waals surface area contributed by atoms with Gasteiger partial charge in [0, 0.05) is 30.6 Å². The van der Waals surface area contributed by atoms with Crippen molar-refractivity contribution >= 4 is 0 Å². The summed E-state index contributed by atoms with van der Waals surface area (Å²) in [6.07, 6.45) is 7.63. The molecule has 1 fully saturated rings. The van der Waals surface area contributed by atoms with Gasteiger partial charge in [0.25, 0.3) is 0 Å². The van der Waals surface area contributed by atoms with E-state index in [-0.39, 0.29) is 11.0 Å². The van der Waals surface area contributed by atoms with Crippen LogP contribution in [0.5, 0.6) is 0 Å². The zero-order valence-electron chi connectivity index (χ0n) is 13.7. The molecule has 0 aromatic heterocycles. The second kappa shape index (κ2) is 5.73. The van der Waals surface area contributed by atoms with E-state index in [9.17, 15) is 0 Å². The molecular weight excluding hydrogens is 256 g/mol. The molecule has 1 aromatic carbocycles. The van der Waals surface area contributed by atoms with Crippen molar-refractivity contribution in [3.63, 3.8) is 0 Å². The highest BCUT2D eigenvalue weighted by Crippen LogP contribution is 2.34. The predicted molar refractivity (Wildman–Crippen MR) is 89.4 cm³/mol. The third kappa shape index (κ3) is 3.32. The lowest BCUT2D eigenvalue weighted by Crippen LogP contribution is -2.47. The Hall–Kier alpha value is -0.860. The minimum Gasteiger partial charge on any atom is -0.325 e. The van der Waals surface area contributed by atoms with Crippen LogP contribution in [0, 0.1) is 0 Å². The molecule has 116 valence electrons. The number of hydrogen-bond acceptors (Lipinski definition) is 2. The molecule has 0 radical (unpaired) electrons. The summed E-state index contributed by atoms with van der Waals surface area (Å²) in [5, 5.41) is 0. The molecule has 0 bridgehead atoms. The van der Waals surface area contributed by atoms with E-state index in [0.717, 1.165) is 26.1 Å². The summed E-state index contributed by atoms with van der Waals surface area (Å²) in [5.74, 6) is 0. The van der Waals surface area contributed by atoms with Gasteiger partial charge in [0.05, 0.1) is 0 Å². The van der Waals surface area contributed by atoms with Gasteiger partial charge in [-0.1, -0.05) is 57.4 Å². The molecular formula is C19H30N2. The molecule has 2 aliphatic rings. The minimum absolute atomic E-state index is 0.110. The molecule has 0 saturated heterocycles. The summed E-state index contributed by atoms with van der Waals surface area (Å²) in [5.41, 5.74) is 10.0. The summed E-state index contributed by atoms with van der Waals surface area (Å²) in [4.78, 5) is 2.62. The Bertz CT molecular complexity index is 486. The second-order valence-corrected chi connectivity index (χ2v) is 7.92. The molecule has 1 aliphatic carbocycles. The molecule has 1 heterocycles. The van der Waals surface area contributed by atoms with Gasteiger partial charge >= 0.3 is 0 Å². The molecule has 2 heteroatoms. The number of hydrogen-bond donors (Lipinski definition) is 1. The van der Waals surface area contributed by atoms with Crippen LogP contribution in [-0.4, -0.2) is 23.5 Å². The highest BCUT2D eigenvalue weighted by atomic mass is 15.1. The van der Waals surface area contributed by atoms with Crippen LogP contribution in [0.25, 0.3) is 0 Å². The number of fused-ring (bicyclic) bond motifs is 1. The van der Waals surface area contributed by atoms with Gasteiger partial charge in [0.15, 0.2) is 0 Å². The lowest BCUT2D eigenvalue weighted by Gasteiger charge is -2.42. The largest absolute Gasteiger partial charge is 0.325 e. The lowest BCUT2D eigenvalue weighted by atomic mass is 9.77. The Labute approximate surface area is 129 Å². The van der Waals surface area contributed by atoms with E-state index < -0.39 is 0 Å². The molecule has 1 saturated carbocycles. The number of nitrogens with two attached hydrogens (primary N) is 1. The fraction of sp³-hybridized carbons (Fsp3) is 0.684. The number of benzene rings is 1. The monoisotopic (exact) mass is 286 g/mol. The maximum absolute atomic E-state index is 6.61. The van der Waals surface area contributed by atoms with Gasteiger partial charge < -0.3 is 5.73 Å². The van der Waals surface area contributed by atoms with Crippen molar-refractivity contribution in [2.45, 2.75) is 69.9 Å². The Kier molecular flexibility index (Phi) is 4.11. The minimum atomic E-state index is 0.110. The smallest absolute Gasteiger partial charge is 0.0237 e. The highest BCUT2D eigenvalue weighted by Gasteiger charge is 2.33. The van der Waals surface area contributed by atoms with E-state index in [1.165, 1.54) is 43.2 Å². The third-order valence-electron chi connectivity index (χ3n) is 5.53. The van der Waals surface area contributed by atoms with Crippen molar-refractivity contribution in [1.29, 1.82) is 0 Å². The van der Waals surface area contributed by atoms with Crippen LogP contribution < -0.4 is 5.73 Å². The SMILES string of the molecule is CC1(C)CN(CCC2(N)CCCCC2)Cc2ccccc21. The Balaban J connectivity index is 1.66. The van der Waals surface area contributed by atoms with Crippen molar-refractivity contribution < 1.29 is 0 Å². The van der Waals surface area contributed by atoms with Crippen LogP contribution in [0.2, 0.25) is 0 Å². The van der Waals surface area contributed by atoms with Crippen molar-refractivity contribution in [2.24, 2.45) is 5.73 Å². The normalized spacial score (nSPS) is 24.5. The van der Waals surface area contributed by atoms with Crippen molar-refractivity contribution in [2.75, 3.05) is 13.1 Å². The van der Waals surface area contributed by atoms with Crippen LogP contribution in [-0.2, 0) is 12.0 Å². The molecule has 1 aliphatic heterocycles. The first-order chi connectivity index (χ1) is 9.99. The van der Waals surface area contributed by atoms with Crippen LogP contribution in [0.15, 0.2) is 24.3 Å². The van der Waals surface area contributed by atoms with Crippen LogP contribution in [0.3, 0.4) is 0 Å². The van der Waals surface area contributed by atoms with E-state index in [1.54, 1.807) is 0 Å². The first-order valence-electron chi connectivity index (χ1n) is 8.58. The van der Waals surface area contributed by atoms with Crippen molar-refractivity contribution in [3.05, 3.63) is 35.4 Å². The van der Waals surface area contributed by atoms with E-state index in [2.05, 4.69) is 43.0 Å².